The molecule has 0 unspecified atom stereocenters. The molecule has 0 aliphatic rings. The Morgan fingerprint density at radius 2 is 1.65 bits per heavy atom. The molecule has 0 heterocycles. The first kappa shape index (κ1) is 16.6. The molecule has 0 saturated carbocycles. The third-order valence-electron chi connectivity index (χ3n) is 2.26. The van der Waals surface area contributed by atoms with Crippen molar-refractivity contribution in [1.82, 2.24) is 0 Å². The number of benzene rings is 1. The maximum absolute atomic E-state index is 12.7. The minimum Gasteiger partial charge on any atom is -0.378 e. The van der Waals surface area contributed by atoms with Gasteiger partial charge in [0.15, 0.2) is 0 Å². The molecule has 10 heteroatoms. The van der Waals surface area contributed by atoms with Gasteiger partial charge in [0.25, 0.3) is 0 Å². The molecule has 20 heavy (non-hydrogen) atoms. The van der Waals surface area contributed by atoms with E-state index in [4.69, 9.17) is 0 Å². The van der Waals surface area contributed by atoms with Crippen LogP contribution in [0, 0.1) is 0 Å². The van der Waals surface area contributed by atoms with Gasteiger partial charge >= 0.3 is 18.1 Å². The highest BCUT2D eigenvalue weighted by atomic mass is 32.2. The molecule has 0 aromatic heterocycles. The van der Waals surface area contributed by atoms with Crippen molar-refractivity contribution in [2.24, 2.45) is 0 Å². The van der Waals surface area contributed by atoms with Crippen LogP contribution in [0.3, 0.4) is 0 Å². The summed E-state index contributed by atoms with van der Waals surface area (Å²) in [6.45, 7) is -1.58. The largest absolute Gasteiger partial charge is 0.378 e. The van der Waals surface area contributed by atoms with Crippen molar-refractivity contribution in [1.29, 1.82) is 0 Å². The predicted octanol–water partition coefficient (Wildman–Crippen LogP) is 3.00. The van der Waals surface area contributed by atoms with E-state index >= 15 is 0 Å². The smallest absolute Gasteiger partial charge is 0.341 e. The lowest BCUT2D eigenvalue weighted by atomic mass is 10.3. The third kappa shape index (κ3) is 3.56. The van der Waals surface area contributed by atoms with Crippen molar-refractivity contribution in [2.45, 2.75) is 23.0 Å². The van der Waals surface area contributed by atoms with Crippen LogP contribution in [-0.4, -0.2) is 33.1 Å². The summed E-state index contributed by atoms with van der Waals surface area (Å²) in [4.78, 5) is -0.930. The molecule has 0 bridgehead atoms. The summed E-state index contributed by atoms with van der Waals surface area (Å²) < 4.78 is 96.7. The fraction of sp³-hybridized carbons (Fsp3) is 0.400. The van der Waals surface area contributed by atoms with Crippen LogP contribution in [0.25, 0.3) is 0 Å². The molecule has 0 atom stereocenters. The van der Waals surface area contributed by atoms with Gasteiger partial charge in [0.2, 0.25) is 9.84 Å². The fourth-order valence-electron chi connectivity index (χ4n) is 1.25. The molecule has 1 rings (SSSR count). The topological polar surface area (TPSA) is 46.2 Å². The molecule has 0 saturated heterocycles. The van der Waals surface area contributed by atoms with Crippen LogP contribution in [0.5, 0.6) is 0 Å². The number of sulfone groups is 1. The lowest BCUT2D eigenvalue weighted by Gasteiger charge is -2.18. The molecule has 1 N–H and O–H groups in total. The van der Waals surface area contributed by atoms with Crippen molar-refractivity contribution in [3.05, 3.63) is 24.3 Å². The van der Waals surface area contributed by atoms with Gasteiger partial charge in [0.1, 0.15) is 0 Å². The zero-order valence-electron chi connectivity index (χ0n) is 9.66. The minimum atomic E-state index is -5.02. The molecular formula is C10H9F6NO2S. The molecular weight excluding hydrogens is 312 g/mol. The Morgan fingerprint density at radius 3 is 2.15 bits per heavy atom. The second kappa shape index (κ2) is 5.90. The van der Waals surface area contributed by atoms with E-state index in [0.717, 1.165) is 18.2 Å². The highest BCUT2D eigenvalue weighted by molar-refractivity contribution is 7.91. The van der Waals surface area contributed by atoms with Crippen LogP contribution in [0.4, 0.5) is 32.0 Å². The molecule has 3 nitrogen and oxygen atoms in total. The van der Waals surface area contributed by atoms with Gasteiger partial charge in [0.05, 0.1) is 17.1 Å². The summed E-state index contributed by atoms with van der Waals surface area (Å²) >= 11 is 0. The van der Waals surface area contributed by atoms with Gasteiger partial charge in [-0.1, -0.05) is 12.1 Å². The summed E-state index contributed by atoms with van der Waals surface area (Å²) in [5.41, 5.74) is -0.590. The monoisotopic (exact) mass is 321 g/mol. The summed E-state index contributed by atoms with van der Waals surface area (Å²) in [6.07, 6.45) is -3.96. The average molecular weight is 321 g/mol. The van der Waals surface area contributed by atoms with E-state index in [1.54, 1.807) is 5.32 Å². The Kier molecular flexibility index (Phi) is 4.90. The number of hydrogen-bond acceptors (Lipinski definition) is 3. The van der Waals surface area contributed by atoms with Crippen molar-refractivity contribution in [2.75, 3.05) is 11.9 Å². The van der Waals surface area contributed by atoms with Gasteiger partial charge < -0.3 is 5.32 Å². The second-order valence-electron chi connectivity index (χ2n) is 3.72. The molecule has 114 valence electrons. The maximum atomic E-state index is 12.7. The Balaban J connectivity index is 3.05. The summed E-state index contributed by atoms with van der Waals surface area (Å²) in [6, 6.07) is 3.99. The lowest BCUT2D eigenvalue weighted by molar-refractivity contribution is -0.117. The van der Waals surface area contributed by atoms with E-state index < -0.39 is 45.1 Å². The Morgan fingerprint density at radius 1 is 1.10 bits per heavy atom. The molecule has 0 spiro atoms. The van der Waals surface area contributed by atoms with Crippen LogP contribution in [-0.2, 0) is 9.84 Å². The number of anilines is 1. The average Bonchev–Trinajstić information content (AvgIpc) is 2.36. The number of nitrogens with one attached hydrogen (secondary N) is 1. The van der Waals surface area contributed by atoms with Gasteiger partial charge in [-0.15, -0.1) is 0 Å². The molecule has 0 fully saturated rings. The normalized spacial score (nSPS) is 13.0. The number of halogens is 6. The quantitative estimate of drug-likeness (QED) is 0.819. The van der Waals surface area contributed by atoms with Gasteiger partial charge in [-0.3, -0.25) is 0 Å². The number of para-hydroxylation sites is 1. The van der Waals surface area contributed by atoms with Crippen LogP contribution in [0.2, 0.25) is 0 Å². The van der Waals surface area contributed by atoms with Crippen molar-refractivity contribution in [3.63, 3.8) is 0 Å². The van der Waals surface area contributed by atoms with Crippen molar-refractivity contribution < 1.29 is 34.8 Å². The first-order valence-corrected chi connectivity index (χ1v) is 6.64. The lowest BCUT2D eigenvalue weighted by Crippen LogP contribution is -2.35. The van der Waals surface area contributed by atoms with Crippen LogP contribution < -0.4 is 5.32 Å². The Hall–Kier alpha value is -1.45. The first-order valence-electron chi connectivity index (χ1n) is 5.10. The first-order chi connectivity index (χ1) is 9.09. The highest BCUT2D eigenvalue weighted by Crippen LogP contribution is 2.28. The van der Waals surface area contributed by atoms with Crippen LogP contribution in [0.15, 0.2) is 29.2 Å². The molecule has 0 aliphatic carbocycles. The van der Waals surface area contributed by atoms with E-state index in [1.165, 1.54) is 6.07 Å². The Bertz CT molecular complexity index is 561. The van der Waals surface area contributed by atoms with Gasteiger partial charge in [0, 0.05) is 0 Å². The van der Waals surface area contributed by atoms with E-state index in [9.17, 15) is 34.8 Å². The predicted molar refractivity (Wildman–Crippen MR) is 59.1 cm³/mol. The highest BCUT2D eigenvalue weighted by Gasteiger charge is 2.40. The number of alkyl halides is 6. The van der Waals surface area contributed by atoms with Gasteiger partial charge in [-0.25, -0.2) is 17.2 Å². The van der Waals surface area contributed by atoms with Gasteiger partial charge in [-0.2, -0.15) is 17.6 Å². The van der Waals surface area contributed by atoms with E-state index in [-0.39, 0.29) is 0 Å². The molecule has 1 aromatic carbocycles. The van der Waals surface area contributed by atoms with E-state index in [1.807, 2.05) is 0 Å². The third-order valence-corrected chi connectivity index (χ3v) is 3.70. The summed E-state index contributed by atoms with van der Waals surface area (Å²) in [5.74, 6) is -8.16. The molecule has 1 aromatic rings. The zero-order chi connectivity index (χ0) is 15.6. The van der Waals surface area contributed by atoms with E-state index in [2.05, 4.69) is 0 Å². The van der Waals surface area contributed by atoms with Gasteiger partial charge in [-0.05, 0) is 12.1 Å². The SMILES string of the molecule is O=S(=O)(c1ccccc1NCC(F)(F)C(F)F)C(F)F. The molecule has 0 radical (unpaired) electrons. The maximum Gasteiger partial charge on any atom is 0.341 e. The summed E-state index contributed by atoms with van der Waals surface area (Å²) in [7, 11) is -5.02. The Labute approximate surface area is 110 Å². The van der Waals surface area contributed by atoms with Crippen molar-refractivity contribution >= 4 is 15.5 Å². The fourth-order valence-corrected chi connectivity index (χ4v) is 2.15. The minimum absolute atomic E-state index is 0.590. The number of hydrogen-bond donors (Lipinski definition) is 1. The molecule has 0 aliphatic heterocycles. The van der Waals surface area contributed by atoms with Crippen LogP contribution in [0.1, 0.15) is 0 Å². The summed E-state index contributed by atoms with van der Waals surface area (Å²) in [5, 5.41) is 1.75. The second-order valence-corrected chi connectivity index (χ2v) is 5.60. The molecule has 0 amide bonds. The standard InChI is InChI=1S/C10H9F6NO2S/c11-8(12)10(15,16)5-17-6-3-1-2-4-7(6)20(18,19)9(13)14/h1-4,8-9,17H,5H2. The van der Waals surface area contributed by atoms with E-state index in [0.29, 0.717) is 0 Å². The van der Waals surface area contributed by atoms with Crippen molar-refractivity contribution in [3.8, 4) is 0 Å². The zero-order valence-corrected chi connectivity index (χ0v) is 10.5. The number of rotatable bonds is 6. The van der Waals surface area contributed by atoms with Crippen LogP contribution >= 0.6 is 0 Å².